The van der Waals surface area contributed by atoms with Gasteiger partial charge in [-0.3, -0.25) is 9.69 Å². The van der Waals surface area contributed by atoms with E-state index in [-0.39, 0.29) is 11.2 Å². The van der Waals surface area contributed by atoms with Crippen molar-refractivity contribution in [1.29, 1.82) is 0 Å². The van der Waals surface area contributed by atoms with Gasteiger partial charge in [0.2, 0.25) is 5.91 Å². The minimum atomic E-state index is -1.48. The number of carbonyl (C=O) groups is 2. The summed E-state index contributed by atoms with van der Waals surface area (Å²) in [5.74, 6) is 0.466. The Morgan fingerprint density at radius 3 is 2.35 bits per heavy atom. The van der Waals surface area contributed by atoms with E-state index in [9.17, 15) is 24.9 Å². The average molecular weight is 726 g/mol. The van der Waals surface area contributed by atoms with Crippen molar-refractivity contribution in [3.8, 4) is 0 Å². The quantitative estimate of drug-likeness (QED) is 0.247. The molecule has 4 N–H and O–H groups in total. The monoisotopic (exact) mass is 725 g/mol. The lowest BCUT2D eigenvalue weighted by Gasteiger charge is -2.45. The molecule has 0 aliphatic carbocycles. The van der Waals surface area contributed by atoms with Crippen molar-refractivity contribution < 1.29 is 39.1 Å². The van der Waals surface area contributed by atoms with Crippen molar-refractivity contribution >= 4 is 35.5 Å². The number of aliphatic hydroxyl groups is 3. The lowest BCUT2D eigenvalue weighted by atomic mass is 9.85. The van der Waals surface area contributed by atoms with Crippen molar-refractivity contribution in [2.45, 2.75) is 131 Å². The molecule has 3 aliphatic rings. The largest absolute Gasteiger partial charge is 0.444 e. The van der Waals surface area contributed by atoms with E-state index in [4.69, 9.17) is 14.2 Å². The number of hydrogen-bond acceptors (Lipinski definition) is 11. The maximum absolute atomic E-state index is 14.6. The smallest absolute Gasteiger partial charge is 0.411 e. The van der Waals surface area contributed by atoms with Crippen LogP contribution in [0, 0.1) is 17.8 Å². The van der Waals surface area contributed by atoms with E-state index in [2.05, 4.69) is 36.2 Å². The van der Waals surface area contributed by atoms with Crippen LogP contribution in [0.2, 0.25) is 0 Å². The summed E-state index contributed by atoms with van der Waals surface area (Å²) in [6.07, 6.45) is -1.86. The van der Waals surface area contributed by atoms with Crippen LogP contribution >= 0.6 is 23.5 Å². The lowest BCUT2D eigenvalue weighted by Crippen LogP contribution is -2.66. The fraction of sp³-hybridized carbons (Fsp3) is 0.778. The third-order valence-corrected chi connectivity index (χ3v) is 11.5. The number of hydrogen-bond donors (Lipinski definition) is 4. The summed E-state index contributed by atoms with van der Waals surface area (Å²) in [7, 11) is 4.03. The van der Waals surface area contributed by atoms with Gasteiger partial charge in [-0.05, 0) is 89.9 Å². The highest BCUT2D eigenvalue weighted by Crippen LogP contribution is 2.39. The van der Waals surface area contributed by atoms with Crippen LogP contribution in [0.25, 0.3) is 0 Å². The van der Waals surface area contributed by atoms with Gasteiger partial charge in [0, 0.05) is 35.8 Å². The highest BCUT2D eigenvalue weighted by molar-refractivity contribution is 8.00. The minimum absolute atomic E-state index is 0.0465. The van der Waals surface area contributed by atoms with E-state index in [1.54, 1.807) is 27.0 Å². The Balaban J connectivity index is 1.65. The molecule has 3 unspecified atom stereocenters. The second-order valence-electron chi connectivity index (χ2n) is 15.6. The van der Waals surface area contributed by atoms with Gasteiger partial charge < -0.3 is 39.7 Å². The molecule has 0 radical (unpaired) electrons. The van der Waals surface area contributed by atoms with Crippen LogP contribution in [0.3, 0.4) is 0 Å². The van der Waals surface area contributed by atoms with Gasteiger partial charge in [0.05, 0.1) is 12.1 Å². The van der Waals surface area contributed by atoms with Crippen LogP contribution in [0.15, 0.2) is 29.2 Å². The molecule has 4 rings (SSSR count). The Kier molecular flexibility index (Phi) is 14.2. The highest BCUT2D eigenvalue weighted by Gasteiger charge is 2.53. The van der Waals surface area contributed by atoms with Crippen LogP contribution in [-0.2, 0) is 25.5 Å². The normalized spacial score (nSPS) is 32.0. The fourth-order valence-corrected chi connectivity index (χ4v) is 9.12. The molecule has 0 aromatic heterocycles. The van der Waals surface area contributed by atoms with E-state index >= 15 is 0 Å². The molecule has 3 saturated heterocycles. The summed E-state index contributed by atoms with van der Waals surface area (Å²) >= 11 is 2.73. The highest BCUT2D eigenvalue weighted by atomic mass is 32.2. The Labute approximate surface area is 301 Å². The third-order valence-electron chi connectivity index (χ3n) is 9.47. The van der Waals surface area contributed by atoms with Crippen LogP contribution in [0.5, 0.6) is 0 Å². The van der Waals surface area contributed by atoms with Gasteiger partial charge in [-0.15, -0.1) is 23.5 Å². The van der Waals surface area contributed by atoms with Crippen molar-refractivity contribution in [1.82, 2.24) is 15.1 Å². The number of thioether (sulfide) groups is 2. The Hall–Kier alpha value is -1.58. The summed E-state index contributed by atoms with van der Waals surface area (Å²) in [4.78, 5) is 32.8. The molecule has 3 fully saturated rings. The summed E-state index contributed by atoms with van der Waals surface area (Å²) in [6, 6.07) is 6.40. The minimum Gasteiger partial charge on any atom is -0.444 e. The van der Waals surface area contributed by atoms with Crippen LogP contribution in [-0.4, -0.2) is 130 Å². The number of amides is 2. The van der Waals surface area contributed by atoms with Crippen LogP contribution in [0.4, 0.5) is 4.79 Å². The molecule has 0 saturated carbocycles. The molecule has 3 heterocycles. The standard InChI is InChI=1S/C36H59N3O8S2/c1-20(2)16-23-14-15-45-31-24(17-23)19-39(35(44)47-36(4,5)6)27(31)33(43)37-26(32-29(41)28(40)30(42)34(46-32)48-9)21(3)49-25-12-10-22(11-13-25)18-38(7)8/h10-13,20-21,23-24,26-32,34,40-42H,14-19H2,1-9H3,(H,37,43)/t21-,23-,24-,26+,27?,28+,29?,30+,31+,32+,34?/m0/s1. The molecule has 11 atom stereocenters. The predicted octanol–water partition coefficient (Wildman–Crippen LogP) is 3.96. The van der Waals surface area contributed by atoms with Crippen LogP contribution < -0.4 is 5.32 Å². The zero-order valence-electron chi connectivity index (χ0n) is 30.6. The molecule has 1 aromatic carbocycles. The maximum Gasteiger partial charge on any atom is 0.411 e. The van der Waals surface area contributed by atoms with Crippen molar-refractivity contribution in [3.63, 3.8) is 0 Å². The Morgan fingerprint density at radius 2 is 1.76 bits per heavy atom. The molecular formula is C36H59N3O8S2. The average Bonchev–Trinajstić information content (AvgIpc) is 3.25. The molecule has 2 amide bonds. The molecule has 3 aliphatic heterocycles. The van der Waals surface area contributed by atoms with E-state index in [0.29, 0.717) is 25.0 Å². The van der Waals surface area contributed by atoms with Gasteiger partial charge >= 0.3 is 6.09 Å². The number of nitrogens with zero attached hydrogens (tertiary/aromatic N) is 2. The number of fused-ring (bicyclic) bond motifs is 1. The molecule has 1 aromatic rings. The zero-order valence-corrected chi connectivity index (χ0v) is 32.2. The SMILES string of the molecule is CSC1O[C@H]([C@H](NC(=O)C2[C@@H]3OCC[C@@H](CC(C)C)C[C@H]3CN2C(=O)OC(C)(C)C)[C@H](C)Sc2ccc(CN(C)C)cc2)C(O)[C@@H](O)[C@H]1O. The van der Waals surface area contributed by atoms with E-state index in [0.717, 1.165) is 36.3 Å². The molecule has 11 nitrogen and oxygen atoms in total. The number of nitrogens with one attached hydrogen (secondary N) is 1. The molecule has 0 spiro atoms. The molecule has 49 heavy (non-hydrogen) atoms. The molecular weight excluding hydrogens is 667 g/mol. The summed E-state index contributed by atoms with van der Waals surface area (Å²) in [5, 5.41) is 35.6. The van der Waals surface area contributed by atoms with Gasteiger partial charge in [-0.2, -0.15) is 0 Å². The van der Waals surface area contributed by atoms with E-state index in [1.807, 2.05) is 33.2 Å². The first-order chi connectivity index (χ1) is 23.0. The Morgan fingerprint density at radius 1 is 1.08 bits per heavy atom. The number of aliphatic hydroxyl groups excluding tert-OH is 3. The summed E-state index contributed by atoms with van der Waals surface area (Å²) in [5.41, 5.74) is -0.416. The lowest BCUT2D eigenvalue weighted by molar-refractivity contribution is -0.205. The fourth-order valence-electron chi connectivity index (χ4n) is 7.35. The van der Waals surface area contributed by atoms with Crippen molar-refractivity contribution in [2.24, 2.45) is 17.8 Å². The number of likely N-dealkylation sites (tertiary alicyclic amines) is 1. The number of carbonyl (C=O) groups excluding carboxylic acids is 2. The van der Waals surface area contributed by atoms with Gasteiger partial charge in [-0.1, -0.05) is 32.9 Å². The van der Waals surface area contributed by atoms with E-state index < -0.39 is 65.6 Å². The topological polar surface area (TPSA) is 141 Å². The van der Waals surface area contributed by atoms with Gasteiger partial charge in [0.15, 0.2) is 0 Å². The third kappa shape index (κ3) is 10.5. The first-order valence-electron chi connectivity index (χ1n) is 17.5. The number of benzene rings is 1. The number of rotatable bonds is 11. The first-order valence-corrected chi connectivity index (χ1v) is 19.7. The Bertz CT molecular complexity index is 1230. The van der Waals surface area contributed by atoms with E-state index in [1.165, 1.54) is 28.4 Å². The van der Waals surface area contributed by atoms with Gasteiger partial charge in [-0.25, -0.2) is 4.79 Å². The maximum atomic E-state index is 14.6. The zero-order chi connectivity index (χ0) is 36.2. The molecule has 13 heteroatoms. The van der Waals surface area contributed by atoms with Crippen molar-refractivity contribution in [3.05, 3.63) is 29.8 Å². The summed E-state index contributed by atoms with van der Waals surface area (Å²) in [6.45, 7) is 13.4. The molecule has 278 valence electrons. The van der Waals surface area contributed by atoms with Crippen molar-refractivity contribution in [2.75, 3.05) is 33.5 Å². The van der Waals surface area contributed by atoms with Crippen LogP contribution in [0.1, 0.15) is 66.4 Å². The second kappa shape index (κ2) is 17.3. The van der Waals surface area contributed by atoms with Gasteiger partial charge in [0.1, 0.15) is 41.5 Å². The first kappa shape index (κ1) is 40.2. The summed E-state index contributed by atoms with van der Waals surface area (Å²) < 4.78 is 18.4. The predicted molar refractivity (Wildman–Crippen MR) is 193 cm³/mol. The number of ether oxygens (including phenoxy) is 3. The second-order valence-corrected chi connectivity index (χ2v) is 18.0. The molecule has 0 bridgehead atoms. The van der Waals surface area contributed by atoms with Gasteiger partial charge in [0.25, 0.3) is 0 Å².